The summed E-state index contributed by atoms with van der Waals surface area (Å²) >= 11 is 1.66. The Morgan fingerprint density at radius 3 is 2.71 bits per heavy atom. The Bertz CT molecular complexity index is 767. The molecule has 126 valence electrons. The molecule has 24 heavy (non-hydrogen) atoms. The second-order valence-corrected chi connectivity index (χ2v) is 6.38. The molecule has 8 nitrogen and oxygen atoms in total. The number of hydrogen-bond acceptors (Lipinski definition) is 7. The molecule has 0 aliphatic heterocycles. The van der Waals surface area contributed by atoms with Crippen molar-refractivity contribution >= 4 is 11.8 Å². The highest BCUT2D eigenvalue weighted by Crippen LogP contribution is 2.19. The minimum Gasteiger partial charge on any atom is -0.311 e. The van der Waals surface area contributed by atoms with Crippen molar-refractivity contribution in [3.63, 3.8) is 0 Å². The van der Waals surface area contributed by atoms with Gasteiger partial charge >= 0.3 is 0 Å². The lowest BCUT2D eigenvalue weighted by atomic mass is 10.1. The van der Waals surface area contributed by atoms with Gasteiger partial charge in [-0.2, -0.15) is 15.0 Å². The van der Waals surface area contributed by atoms with Gasteiger partial charge in [0.05, 0.1) is 0 Å². The van der Waals surface area contributed by atoms with Gasteiger partial charge in [-0.15, -0.1) is 5.10 Å². The second-order valence-electron chi connectivity index (χ2n) is 5.31. The Balaban J connectivity index is 1.46. The van der Waals surface area contributed by atoms with Crippen LogP contribution in [-0.2, 0) is 20.6 Å². The van der Waals surface area contributed by atoms with E-state index in [2.05, 4.69) is 43.2 Å². The first-order chi connectivity index (χ1) is 11.7. The molecule has 0 saturated heterocycles. The van der Waals surface area contributed by atoms with Crippen LogP contribution in [0.2, 0.25) is 0 Å². The first kappa shape index (κ1) is 16.6. The van der Waals surface area contributed by atoms with Crippen molar-refractivity contribution in [2.24, 2.45) is 14.1 Å². The predicted octanol–water partition coefficient (Wildman–Crippen LogP) is 1.28. The lowest BCUT2D eigenvalue weighted by molar-refractivity contribution is 0.621. The third kappa shape index (κ3) is 4.18. The molecular weight excluding hydrogens is 324 g/mol. The lowest BCUT2D eigenvalue weighted by Gasteiger charge is -2.04. The summed E-state index contributed by atoms with van der Waals surface area (Å²) in [5.74, 6) is 0.965. The SMILES string of the molecule is Cn1nc(CNCCCSc2nnnn2C)c(-c2ccccc2)n1. The molecule has 9 heteroatoms. The summed E-state index contributed by atoms with van der Waals surface area (Å²) in [6, 6.07) is 10.1. The molecule has 2 aromatic heterocycles. The third-order valence-electron chi connectivity index (χ3n) is 3.43. The quantitative estimate of drug-likeness (QED) is 0.486. The fourth-order valence-electron chi connectivity index (χ4n) is 2.30. The molecular formula is C15H20N8S. The van der Waals surface area contributed by atoms with E-state index in [0.29, 0.717) is 6.54 Å². The van der Waals surface area contributed by atoms with Crippen molar-refractivity contribution in [2.75, 3.05) is 12.3 Å². The molecule has 0 fully saturated rings. The van der Waals surface area contributed by atoms with Crippen molar-refractivity contribution in [2.45, 2.75) is 18.1 Å². The van der Waals surface area contributed by atoms with Crippen molar-refractivity contribution in [3.05, 3.63) is 36.0 Å². The van der Waals surface area contributed by atoms with Crippen LogP contribution in [0.1, 0.15) is 12.1 Å². The van der Waals surface area contributed by atoms with Gasteiger partial charge < -0.3 is 5.32 Å². The Kier molecular flexibility index (Phi) is 5.55. The fourth-order valence-corrected chi connectivity index (χ4v) is 3.09. The topological polar surface area (TPSA) is 86.3 Å². The smallest absolute Gasteiger partial charge is 0.209 e. The van der Waals surface area contributed by atoms with E-state index in [1.165, 1.54) is 0 Å². The average molecular weight is 344 g/mol. The van der Waals surface area contributed by atoms with Crippen LogP contribution < -0.4 is 5.32 Å². The third-order valence-corrected chi connectivity index (χ3v) is 4.53. The van der Waals surface area contributed by atoms with Crippen LogP contribution in [0.3, 0.4) is 0 Å². The summed E-state index contributed by atoms with van der Waals surface area (Å²) in [6.45, 7) is 1.61. The number of nitrogens with zero attached hydrogens (tertiary/aromatic N) is 7. The van der Waals surface area contributed by atoms with E-state index in [4.69, 9.17) is 0 Å². The number of benzene rings is 1. The Labute approximate surface area is 144 Å². The number of aryl methyl sites for hydroxylation is 2. The van der Waals surface area contributed by atoms with Crippen LogP contribution in [0.4, 0.5) is 0 Å². The van der Waals surface area contributed by atoms with Crippen LogP contribution in [0.5, 0.6) is 0 Å². The summed E-state index contributed by atoms with van der Waals surface area (Å²) in [4.78, 5) is 1.62. The first-order valence-corrected chi connectivity index (χ1v) is 8.74. The van der Waals surface area contributed by atoms with Crippen molar-refractivity contribution in [1.82, 2.24) is 40.5 Å². The highest BCUT2D eigenvalue weighted by Gasteiger charge is 2.11. The largest absolute Gasteiger partial charge is 0.311 e. The minimum absolute atomic E-state index is 0.703. The zero-order valence-electron chi connectivity index (χ0n) is 13.8. The Morgan fingerprint density at radius 2 is 1.96 bits per heavy atom. The van der Waals surface area contributed by atoms with Crippen molar-refractivity contribution in [3.8, 4) is 11.3 Å². The fraction of sp³-hybridized carbons (Fsp3) is 0.400. The highest BCUT2D eigenvalue weighted by molar-refractivity contribution is 7.99. The predicted molar refractivity (Wildman–Crippen MR) is 92.3 cm³/mol. The number of nitrogens with one attached hydrogen (secondary N) is 1. The van der Waals surface area contributed by atoms with E-state index in [-0.39, 0.29) is 0 Å². The molecule has 3 rings (SSSR count). The van der Waals surface area contributed by atoms with Gasteiger partial charge in [0, 0.05) is 32.0 Å². The molecule has 0 amide bonds. The van der Waals surface area contributed by atoms with E-state index in [1.807, 2.05) is 32.3 Å². The van der Waals surface area contributed by atoms with Crippen LogP contribution in [-0.4, -0.2) is 47.5 Å². The molecule has 0 atom stereocenters. The molecule has 0 unspecified atom stereocenters. The van der Waals surface area contributed by atoms with Crippen molar-refractivity contribution < 1.29 is 0 Å². The molecule has 1 aromatic carbocycles. The van der Waals surface area contributed by atoms with Gasteiger partial charge in [-0.25, -0.2) is 4.68 Å². The lowest BCUT2D eigenvalue weighted by Crippen LogP contribution is -2.16. The molecule has 3 aromatic rings. The average Bonchev–Trinajstić information content (AvgIpc) is 3.17. The maximum Gasteiger partial charge on any atom is 0.209 e. The molecule has 2 heterocycles. The first-order valence-electron chi connectivity index (χ1n) is 7.75. The monoisotopic (exact) mass is 344 g/mol. The zero-order valence-corrected chi connectivity index (χ0v) is 14.6. The zero-order chi connectivity index (χ0) is 16.8. The van der Waals surface area contributed by atoms with Gasteiger partial charge in [0.1, 0.15) is 11.4 Å². The maximum absolute atomic E-state index is 4.48. The molecule has 0 aliphatic carbocycles. The maximum atomic E-state index is 4.48. The molecule has 0 bridgehead atoms. The summed E-state index contributed by atoms with van der Waals surface area (Å²) < 4.78 is 1.68. The van der Waals surface area contributed by atoms with E-state index in [0.717, 1.165) is 40.8 Å². The second kappa shape index (κ2) is 8.02. The number of hydrogen-bond donors (Lipinski definition) is 1. The van der Waals surface area contributed by atoms with E-state index >= 15 is 0 Å². The molecule has 0 saturated carbocycles. The highest BCUT2D eigenvalue weighted by atomic mass is 32.2. The molecule has 0 spiro atoms. The van der Waals surface area contributed by atoms with Crippen LogP contribution in [0.15, 0.2) is 35.5 Å². The van der Waals surface area contributed by atoms with Gasteiger partial charge in [0.25, 0.3) is 0 Å². The number of rotatable bonds is 8. The molecule has 0 radical (unpaired) electrons. The van der Waals surface area contributed by atoms with E-state index in [1.54, 1.807) is 21.2 Å². The number of aromatic nitrogens is 7. The molecule has 1 N–H and O–H groups in total. The summed E-state index contributed by atoms with van der Waals surface area (Å²) in [5.41, 5.74) is 2.99. The van der Waals surface area contributed by atoms with Gasteiger partial charge in [-0.05, 0) is 23.4 Å². The number of thioether (sulfide) groups is 1. The summed E-state index contributed by atoms with van der Waals surface area (Å²) in [6.07, 6.45) is 1.03. The van der Waals surface area contributed by atoms with Crippen LogP contribution in [0.25, 0.3) is 11.3 Å². The van der Waals surface area contributed by atoms with E-state index in [9.17, 15) is 0 Å². The van der Waals surface area contributed by atoms with E-state index < -0.39 is 0 Å². The Hall–Kier alpha value is -2.26. The summed E-state index contributed by atoms with van der Waals surface area (Å²) in [5, 5.41) is 24.6. The minimum atomic E-state index is 0.703. The number of tetrazole rings is 1. The standard InChI is InChI=1S/C15H20N8S/c1-22-15(17-20-21-22)24-10-6-9-16-11-13-14(19-23(2)18-13)12-7-4-3-5-8-12/h3-5,7-8,16H,6,9-11H2,1-2H3. The van der Waals surface area contributed by atoms with Gasteiger partial charge in [-0.1, -0.05) is 42.1 Å². The van der Waals surface area contributed by atoms with Crippen molar-refractivity contribution in [1.29, 1.82) is 0 Å². The van der Waals surface area contributed by atoms with Gasteiger partial charge in [0.15, 0.2) is 0 Å². The van der Waals surface area contributed by atoms with Gasteiger partial charge in [0.2, 0.25) is 5.16 Å². The Morgan fingerprint density at radius 1 is 1.12 bits per heavy atom. The van der Waals surface area contributed by atoms with Crippen LogP contribution in [0, 0.1) is 0 Å². The van der Waals surface area contributed by atoms with Crippen LogP contribution >= 0.6 is 11.8 Å². The van der Waals surface area contributed by atoms with Gasteiger partial charge in [-0.3, -0.25) is 0 Å². The summed E-state index contributed by atoms with van der Waals surface area (Å²) in [7, 11) is 3.70. The molecule has 0 aliphatic rings. The normalized spacial score (nSPS) is 11.1.